The van der Waals surface area contributed by atoms with Gasteiger partial charge < -0.3 is 15.4 Å². The van der Waals surface area contributed by atoms with E-state index in [4.69, 9.17) is 5.73 Å². The molecule has 0 spiro atoms. The number of esters is 1. The SMILES string of the molecule is CCOC(=O)CN.CN(C)C=O. The van der Waals surface area contributed by atoms with Crippen molar-refractivity contribution in [2.75, 3.05) is 27.2 Å². The second-order valence-electron chi connectivity index (χ2n) is 2.08. The molecule has 5 heteroatoms. The highest BCUT2D eigenvalue weighted by atomic mass is 16.5. The Kier molecular flexibility index (Phi) is 11.1. The molecule has 0 aliphatic rings. The van der Waals surface area contributed by atoms with Gasteiger partial charge in [0, 0.05) is 14.1 Å². The lowest BCUT2D eigenvalue weighted by Crippen LogP contribution is -2.16. The van der Waals surface area contributed by atoms with Crippen LogP contribution in [-0.2, 0) is 14.3 Å². The largest absolute Gasteiger partial charge is 0.465 e. The number of carbonyl (C=O) groups excluding carboxylic acids is 2. The summed E-state index contributed by atoms with van der Waals surface area (Å²) in [5.41, 5.74) is 4.88. The number of hydrogen-bond acceptors (Lipinski definition) is 4. The molecule has 12 heavy (non-hydrogen) atoms. The highest BCUT2D eigenvalue weighted by Crippen LogP contribution is 1.69. The summed E-state index contributed by atoms with van der Waals surface area (Å²) < 4.78 is 4.43. The molecule has 1 amide bonds. The lowest BCUT2D eigenvalue weighted by molar-refractivity contribution is -0.141. The van der Waals surface area contributed by atoms with Crippen LogP contribution in [0.15, 0.2) is 0 Å². The Morgan fingerprint density at radius 3 is 2.08 bits per heavy atom. The molecule has 0 unspecified atom stereocenters. The number of nitrogens with zero attached hydrogens (tertiary/aromatic N) is 1. The smallest absolute Gasteiger partial charge is 0.319 e. The van der Waals surface area contributed by atoms with Crippen LogP contribution < -0.4 is 5.73 Å². The maximum absolute atomic E-state index is 10.1. The first-order chi connectivity index (χ1) is 5.58. The summed E-state index contributed by atoms with van der Waals surface area (Å²) in [4.78, 5) is 20.9. The van der Waals surface area contributed by atoms with Gasteiger partial charge in [-0.15, -0.1) is 0 Å². The molecule has 0 saturated carbocycles. The molecule has 0 aliphatic heterocycles. The first kappa shape index (κ1) is 13.5. The Labute approximate surface area is 72.5 Å². The number of amides is 1. The van der Waals surface area contributed by atoms with Gasteiger partial charge in [0.15, 0.2) is 0 Å². The molecule has 0 heterocycles. The summed E-state index contributed by atoms with van der Waals surface area (Å²) in [5, 5.41) is 0. The van der Waals surface area contributed by atoms with Crippen LogP contribution in [0.4, 0.5) is 0 Å². The van der Waals surface area contributed by atoms with Crippen LogP contribution in [0, 0.1) is 0 Å². The molecule has 2 N–H and O–H groups in total. The number of ether oxygens (including phenoxy) is 1. The van der Waals surface area contributed by atoms with Gasteiger partial charge in [-0.05, 0) is 6.92 Å². The van der Waals surface area contributed by atoms with E-state index in [0.717, 1.165) is 6.41 Å². The molecule has 0 fully saturated rings. The summed E-state index contributed by atoms with van der Waals surface area (Å²) in [5.74, 6) is -0.345. The lowest BCUT2D eigenvalue weighted by atomic mass is 10.7. The summed E-state index contributed by atoms with van der Waals surface area (Å²) in [7, 11) is 3.38. The van der Waals surface area contributed by atoms with E-state index in [1.807, 2.05) is 0 Å². The van der Waals surface area contributed by atoms with Gasteiger partial charge in [0.05, 0.1) is 13.2 Å². The molecular formula is C7H16N2O3. The molecule has 0 saturated heterocycles. The zero-order valence-corrected chi connectivity index (χ0v) is 7.74. The summed E-state index contributed by atoms with van der Waals surface area (Å²) in [6.45, 7) is 2.14. The summed E-state index contributed by atoms with van der Waals surface area (Å²) in [6.07, 6.45) is 0.750. The van der Waals surface area contributed by atoms with Crippen LogP contribution in [0.2, 0.25) is 0 Å². The zero-order chi connectivity index (χ0) is 9.98. The maximum Gasteiger partial charge on any atom is 0.319 e. The molecule has 0 atom stereocenters. The molecule has 0 aromatic heterocycles. The van der Waals surface area contributed by atoms with Crippen molar-refractivity contribution in [1.29, 1.82) is 0 Å². The normalized spacial score (nSPS) is 7.67. The average Bonchev–Trinajstić information content (AvgIpc) is 2.06. The molecule has 0 aliphatic carbocycles. The van der Waals surface area contributed by atoms with Gasteiger partial charge in [0.1, 0.15) is 0 Å². The van der Waals surface area contributed by atoms with Gasteiger partial charge in [0.25, 0.3) is 0 Å². The molecule has 0 bridgehead atoms. The second-order valence-corrected chi connectivity index (χ2v) is 2.08. The number of rotatable bonds is 3. The fourth-order valence-corrected chi connectivity index (χ4v) is 0.220. The summed E-state index contributed by atoms with van der Waals surface area (Å²) in [6, 6.07) is 0. The van der Waals surface area contributed by atoms with Crippen molar-refractivity contribution in [3.63, 3.8) is 0 Å². The van der Waals surface area contributed by atoms with Crippen molar-refractivity contribution < 1.29 is 14.3 Å². The van der Waals surface area contributed by atoms with E-state index in [9.17, 15) is 9.59 Å². The van der Waals surface area contributed by atoms with E-state index in [1.165, 1.54) is 4.90 Å². The Morgan fingerprint density at radius 1 is 1.58 bits per heavy atom. The third-order valence-corrected chi connectivity index (χ3v) is 0.683. The lowest BCUT2D eigenvalue weighted by Gasteiger charge is -1.93. The van der Waals surface area contributed by atoms with Gasteiger partial charge in [-0.3, -0.25) is 9.59 Å². The maximum atomic E-state index is 10.1. The first-order valence-corrected chi connectivity index (χ1v) is 3.55. The van der Waals surface area contributed by atoms with Crippen LogP contribution >= 0.6 is 0 Å². The van der Waals surface area contributed by atoms with E-state index in [2.05, 4.69) is 4.74 Å². The minimum absolute atomic E-state index is 0.0200. The molecule has 0 aromatic rings. The third-order valence-electron chi connectivity index (χ3n) is 0.683. The Bertz CT molecular complexity index is 126. The van der Waals surface area contributed by atoms with E-state index in [1.54, 1.807) is 21.0 Å². The second kappa shape index (κ2) is 9.90. The third kappa shape index (κ3) is 16.0. The minimum atomic E-state index is -0.345. The van der Waals surface area contributed by atoms with Crippen molar-refractivity contribution in [3.8, 4) is 0 Å². The zero-order valence-electron chi connectivity index (χ0n) is 7.74. The van der Waals surface area contributed by atoms with Crippen molar-refractivity contribution in [2.24, 2.45) is 5.73 Å². The van der Waals surface area contributed by atoms with Gasteiger partial charge in [-0.2, -0.15) is 0 Å². The topological polar surface area (TPSA) is 72.6 Å². The van der Waals surface area contributed by atoms with Gasteiger partial charge in [0.2, 0.25) is 6.41 Å². The Morgan fingerprint density at radius 2 is 2.00 bits per heavy atom. The molecule has 5 nitrogen and oxygen atoms in total. The highest BCUT2D eigenvalue weighted by Gasteiger charge is 1.91. The Balaban J connectivity index is 0. The van der Waals surface area contributed by atoms with Gasteiger partial charge in [-0.25, -0.2) is 0 Å². The van der Waals surface area contributed by atoms with Crippen LogP contribution in [0.5, 0.6) is 0 Å². The quantitative estimate of drug-likeness (QED) is 0.452. The van der Waals surface area contributed by atoms with Crippen molar-refractivity contribution in [1.82, 2.24) is 4.90 Å². The van der Waals surface area contributed by atoms with Crippen LogP contribution in [0.25, 0.3) is 0 Å². The Hall–Kier alpha value is -1.10. The number of hydrogen-bond donors (Lipinski definition) is 1. The van der Waals surface area contributed by atoms with Crippen LogP contribution in [0.3, 0.4) is 0 Å². The van der Waals surface area contributed by atoms with Crippen molar-refractivity contribution in [3.05, 3.63) is 0 Å². The number of carbonyl (C=O) groups is 2. The monoisotopic (exact) mass is 176 g/mol. The van der Waals surface area contributed by atoms with Gasteiger partial charge in [-0.1, -0.05) is 0 Å². The van der Waals surface area contributed by atoms with Crippen molar-refractivity contribution >= 4 is 12.4 Å². The van der Waals surface area contributed by atoms with E-state index < -0.39 is 0 Å². The predicted octanol–water partition coefficient (Wildman–Crippen LogP) is -0.787. The average molecular weight is 176 g/mol. The van der Waals surface area contributed by atoms with E-state index in [0.29, 0.717) is 6.61 Å². The molecular weight excluding hydrogens is 160 g/mol. The standard InChI is InChI=1S/C4H9NO2.C3H7NO/c1-2-7-4(6)3-5;1-4(2)3-5/h2-3,5H2,1H3;3H,1-2H3. The molecule has 0 aromatic carbocycles. The minimum Gasteiger partial charge on any atom is -0.465 e. The molecule has 72 valence electrons. The fraction of sp³-hybridized carbons (Fsp3) is 0.714. The van der Waals surface area contributed by atoms with Crippen LogP contribution in [0.1, 0.15) is 6.92 Å². The number of nitrogens with two attached hydrogens (primary N) is 1. The predicted molar refractivity (Wildman–Crippen MR) is 45.4 cm³/mol. The van der Waals surface area contributed by atoms with Crippen molar-refractivity contribution in [2.45, 2.75) is 6.92 Å². The molecule has 0 rings (SSSR count). The van der Waals surface area contributed by atoms with Gasteiger partial charge >= 0.3 is 5.97 Å². The van der Waals surface area contributed by atoms with E-state index >= 15 is 0 Å². The highest BCUT2D eigenvalue weighted by molar-refractivity contribution is 5.71. The van der Waals surface area contributed by atoms with E-state index in [-0.39, 0.29) is 12.5 Å². The van der Waals surface area contributed by atoms with Crippen LogP contribution in [-0.4, -0.2) is 44.5 Å². The first-order valence-electron chi connectivity index (χ1n) is 3.55. The molecule has 0 radical (unpaired) electrons. The summed E-state index contributed by atoms with van der Waals surface area (Å²) >= 11 is 0. The fourth-order valence-electron chi connectivity index (χ4n) is 0.220.